The number of hydrogen-bond donors (Lipinski definition) is 2. The van der Waals surface area contributed by atoms with E-state index in [4.69, 9.17) is 0 Å². The first-order chi connectivity index (χ1) is 13.9. The van der Waals surface area contributed by atoms with Crippen LogP contribution in [0.3, 0.4) is 0 Å². The minimum absolute atomic E-state index is 0.892. The quantitative estimate of drug-likeness (QED) is 0.336. The molecule has 134 valence electrons. The van der Waals surface area contributed by atoms with Crippen LogP contribution in [0.5, 0.6) is 0 Å². The Hall–Kier alpha value is -3.17. The van der Waals surface area contributed by atoms with Crippen LogP contribution in [0.1, 0.15) is 11.1 Å². The highest BCUT2D eigenvalue weighted by Gasteiger charge is 2.18. The third kappa shape index (κ3) is 2.44. The Kier molecular flexibility index (Phi) is 3.50. The molecule has 0 atom stereocenters. The molecule has 2 N–H and O–H groups in total. The first-order valence-electron chi connectivity index (χ1n) is 9.51. The molecule has 0 aliphatic carbocycles. The summed E-state index contributed by atoms with van der Waals surface area (Å²) in [5.74, 6) is 0. The second kappa shape index (κ2) is 6.18. The van der Waals surface area contributed by atoms with Crippen molar-refractivity contribution in [1.29, 1.82) is 0 Å². The zero-order valence-electron chi connectivity index (χ0n) is 15.2. The van der Waals surface area contributed by atoms with Gasteiger partial charge in [-0.2, -0.15) is 0 Å². The molecule has 0 fully saturated rings. The number of hydrogen-bond acceptors (Lipinski definition) is 2. The molecule has 0 saturated carbocycles. The van der Waals surface area contributed by atoms with E-state index < -0.39 is 0 Å². The summed E-state index contributed by atoms with van der Waals surface area (Å²) in [5, 5.41) is 6.26. The molecule has 0 amide bonds. The highest BCUT2D eigenvalue weighted by atomic mass is 32.2. The fraction of sp³-hybridized carbons (Fsp3) is 0.0400. The molecule has 2 heterocycles. The molecular formula is C25H18N2S. The van der Waals surface area contributed by atoms with Crippen LogP contribution in [0.25, 0.3) is 21.8 Å². The second-order valence-corrected chi connectivity index (χ2v) is 8.28. The first-order valence-corrected chi connectivity index (χ1v) is 10.3. The average Bonchev–Trinajstić information content (AvgIpc) is 3.12. The lowest BCUT2D eigenvalue weighted by Gasteiger charge is -2.23. The second-order valence-electron chi connectivity index (χ2n) is 7.20. The van der Waals surface area contributed by atoms with Crippen molar-refractivity contribution >= 4 is 44.9 Å². The fourth-order valence-corrected chi connectivity index (χ4v) is 5.19. The third-order valence-corrected chi connectivity index (χ3v) is 6.62. The molecule has 1 aromatic heterocycles. The van der Waals surface area contributed by atoms with Crippen molar-refractivity contribution in [2.75, 3.05) is 5.32 Å². The summed E-state index contributed by atoms with van der Waals surface area (Å²) >= 11 is 1.84. The summed E-state index contributed by atoms with van der Waals surface area (Å²) < 4.78 is 0. The standard InChI is InChI=1S/C25H18N2S/c1-2-11-20-18(9-1)19-10-5-7-16(24(19)26-20)15-17-8-6-14-23-25(17)27-21-12-3-4-13-22(21)28-23/h1-14,26-27H,15H2. The predicted octanol–water partition coefficient (Wildman–Crippen LogP) is 7.12. The maximum atomic E-state index is 3.67. The molecule has 0 saturated heterocycles. The largest absolute Gasteiger partial charge is 0.354 e. The molecule has 5 aromatic rings. The normalized spacial score (nSPS) is 12.6. The smallest absolute Gasteiger partial charge is 0.0562 e. The monoisotopic (exact) mass is 378 g/mol. The number of rotatable bonds is 2. The highest BCUT2D eigenvalue weighted by molar-refractivity contribution is 7.99. The van der Waals surface area contributed by atoms with E-state index >= 15 is 0 Å². The lowest BCUT2D eigenvalue weighted by Crippen LogP contribution is -2.04. The topological polar surface area (TPSA) is 27.8 Å². The predicted molar refractivity (Wildman–Crippen MR) is 119 cm³/mol. The first kappa shape index (κ1) is 15.8. The van der Waals surface area contributed by atoms with Gasteiger partial charge in [0.25, 0.3) is 0 Å². The van der Waals surface area contributed by atoms with Gasteiger partial charge in [-0.25, -0.2) is 0 Å². The van der Waals surface area contributed by atoms with E-state index in [0.717, 1.165) is 6.42 Å². The Morgan fingerprint density at radius 2 is 1.39 bits per heavy atom. The molecular weight excluding hydrogens is 360 g/mol. The molecule has 0 unspecified atom stereocenters. The van der Waals surface area contributed by atoms with Crippen LogP contribution >= 0.6 is 11.8 Å². The van der Waals surface area contributed by atoms with Gasteiger partial charge in [0.2, 0.25) is 0 Å². The third-order valence-electron chi connectivity index (χ3n) is 5.49. The molecule has 1 aliphatic rings. The summed E-state index contributed by atoms with van der Waals surface area (Å²) in [7, 11) is 0. The molecule has 0 spiro atoms. The molecule has 28 heavy (non-hydrogen) atoms. The molecule has 6 rings (SSSR count). The van der Waals surface area contributed by atoms with Crippen molar-refractivity contribution in [3.8, 4) is 0 Å². The molecule has 4 aromatic carbocycles. The summed E-state index contributed by atoms with van der Waals surface area (Å²) in [6.45, 7) is 0. The van der Waals surface area contributed by atoms with Crippen LogP contribution in [-0.2, 0) is 6.42 Å². The fourth-order valence-electron chi connectivity index (χ4n) is 4.15. The summed E-state index contributed by atoms with van der Waals surface area (Å²) in [6, 6.07) is 30.3. The Morgan fingerprint density at radius 1 is 0.643 bits per heavy atom. The zero-order valence-corrected chi connectivity index (χ0v) is 16.0. The van der Waals surface area contributed by atoms with Crippen molar-refractivity contribution in [3.63, 3.8) is 0 Å². The minimum atomic E-state index is 0.892. The van der Waals surface area contributed by atoms with E-state index in [1.54, 1.807) is 0 Å². The maximum Gasteiger partial charge on any atom is 0.0562 e. The number of aromatic nitrogens is 1. The molecule has 2 nitrogen and oxygen atoms in total. The Bertz CT molecular complexity index is 1350. The number of benzene rings is 4. The Morgan fingerprint density at radius 3 is 2.39 bits per heavy atom. The van der Waals surface area contributed by atoms with Gasteiger partial charge in [0, 0.05) is 32.5 Å². The SMILES string of the molecule is c1ccc2c(c1)Nc1c(Cc3cccc4c3[nH]c3ccccc34)cccc1S2. The summed E-state index contributed by atoms with van der Waals surface area (Å²) in [4.78, 5) is 6.21. The van der Waals surface area contributed by atoms with Crippen LogP contribution < -0.4 is 5.32 Å². The van der Waals surface area contributed by atoms with Crippen molar-refractivity contribution in [3.05, 3.63) is 96.1 Å². The van der Waals surface area contributed by atoms with Crippen LogP contribution in [0.15, 0.2) is 94.7 Å². The number of fused-ring (bicyclic) bond motifs is 5. The van der Waals surface area contributed by atoms with Gasteiger partial charge >= 0.3 is 0 Å². The molecule has 0 bridgehead atoms. The van der Waals surface area contributed by atoms with Gasteiger partial charge in [-0.1, -0.05) is 72.4 Å². The van der Waals surface area contributed by atoms with Gasteiger partial charge in [0.15, 0.2) is 0 Å². The lowest BCUT2D eigenvalue weighted by molar-refractivity contribution is 1.17. The van der Waals surface area contributed by atoms with E-state index in [9.17, 15) is 0 Å². The lowest BCUT2D eigenvalue weighted by atomic mass is 10.00. The van der Waals surface area contributed by atoms with E-state index in [2.05, 4.69) is 95.2 Å². The average molecular weight is 379 g/mol. The van der Waals surface area contributed by atoms with Crippen LogP contribution in [0.4, 0.5) is 11.4 Å². The van der Waals surface area contributed by atoms with Crippen LogP contribution in [-0.4, -0.2) is 4.98 Å². The van der Waals surface area contributed by atoms with Gasteiger partial charge in [0.1, 0.15) is 0 Å². The molecule has 0 radical (unpaired) electrons. The number of aromatic amines is 1. The van der Waals surface area contributed by atoms with E-state index in [0.29, 0.717) is 0 Å². The van der Waals surface area contributed by atoms with E-state index in [1.165, 1.54) is 54.1 Å². The van der Waals surface area contributed by atoms with Crippen molar-refractivity contribution < 1.29 is 0 Å². The number of para-hydroxylation sites is 4. The maximum absolute atomic E-state index is 3.67. The van der Waals surface area contributed by atoms with Gasteiger partial charge in [-0.15, -0.1) is 0 Å². The molecule has 1 aliphatic heterocycles. The van der Waals surface area contributed by atoms with E-state index in [1.807, 2.05) is 11.8 Å². The Balaban J connectivity index is 1.46. The van der Waals surface area contributed by atoms with Crippen molar-refractivity contribution in [2.24, 2.45) is 0 Å². The zero-order chi connectivity index (χ0) is 18.5. The summed E-state index contributed by atoms with van der Waals surface area (Å²) in [5.41, 5.74) is 7.52. The molecule has 3 heteroatoms. The number of H-pyrrole nitrogens is 1. The van der Waals surface area contributed by atoms with Crippen LogP contribution in [0.2, 0.25) is 0 Å². The number of nitrogens with one attached hydrogen (secondary N) is 2. The minimum Gasteiger partial charge on any atom is -0.354 e. The highest BCUT2D eigenvalue weighted by Crippen LogP contribution is 2.45. The van der Waals surface area contributed by atoms with Gasteiger partial charge in [-0.3, -0.25) is 0 Å². The van der Waals surface area contributed by atoms with Crippen molar-refractivity contribution in [1.82, 2.24) is 4.98 Å². The van der Waals surface area contributed by atoms with Gasteiger partial charge in [0.05, 0.1) is 16.9 Å². The van der Waals surface area contributed by atoms with Crippen molar-refractivity contribution in [2.45, 2.75) is 16.2 Å². The van der Waals surface area contributed by atoms with E-state index in [-0.39, 0.29) is 0 Å². The number of anilines is 2. The summed E-state index contributed by atoms with van der Waals surface area (Å²) in [6.07, 6.45) is 0.892. The van der Waals surface area contributed by atoms with Gasteiger partial charge in [-0.05, 0) is 35.4 Å². The van der Waals surface area contributed by atoms with Crippen LogP contribution in [0, 0.1) is 0 Å². The Labute approximate surface area is 167 Å². The van der Waals surface area contributed by atoms with Gasteiger partial charge < -0.3 is 10.3 Å².